The van der Waals surface area contributed by atoms with Crippen LogP contribution in [0, 0.1) is 0 Å². The number of rotatable bonds is 4. The number of nitrogens with zero attached hydrogens (tertiary/aromatic N) is 1. The number of ketones is 1. The predicted molar refractivity (Wildman–Crippen MR) is 68.7 cm³/mol. The molecule has 0 aliphatic carbocycles. The molecule has 0 saturated carbocycles. The number of carbonyl (C=O) groups excluding carboxylic acids is 1. The van der Waals surface area contributed by atoms with Crippen LogP contribution in [0.1, 0.15) is 28.6 Å². The largest absolute Gasteiger partial charge is 0.451 e. The first-order valence-electron chi connectivity index (χ1n) is 5.91. The lowest BCUT2D eigenvalue weighted by molar-refractivity contribution is 0.0876. The second-order valence-corrected chi connectivity index (χ2v) is 4.30. The van der Waals surface area contributed by atoms with Crippen LogP contribution < -0.4 is 0 Å². The molecule has 1 aromatic carbocycles. The van der Waals surface area contributed by atoms with Gasteiger partial charge in [0.15, 0.2) is 12.2 Å². The molecule has 0 radical (unpaired) electrons. The molecule has 0 bridgehead atoms. The number of para-hydroxylation sites is 1. The average Bonchev–Trinajstić information content (AvgIpc) is 3.08. The number of nitrogens with one attached hydrogen (secondary N) is 1. The molecule has 0 saturated heterocycles. The van der Waals surface area contributed by atoms with Crippen molar-refractivity contribution < 1.29 is 14.3 Å². The molecular weight excluding hydrogens is 244 g/mol. The summed E-state index contributed by atoms with van der Waals surface area (Å²) in [7, 11) is 0. The van der Waals surface area contributed by atoms with Crippen LogP contribution in [0.3, 0.4) is 0 Å². The first kappa shape index (κ1) is 11.7. The number of aromatic amines is 1. The Hall–Kier alpha value is -2.40. The average molecular weight is 256 g/mol. The molecule has 2 aromatic heterocycles. The summed E-state index contributed by atoms with van der Waals surface area (Å²) in [6.07, 6.45) is 3.28. The highest BCUT2D eigenvalue weighted by molar-refractivity contribution is 6.07. The number of fused-ring (bicyclic) bond motifs is 1. The van der Waals surface area contributed by atoms with Gasteiger partial charge in [0, 0.05) is 29.1 Å². The second kappa shape index (κ2) is 4.70. The van der Waals surface area contributed by atoms with Gasteiger partial charge in [-0.05, 0) is 6.07 Å². The molecule has 1 unspecified atom stereocenters. The van der Waals surface area contributed by atoms with Crippen LogP contribution in [0.15, 0.2) is 47.5 Å². The molecule has 96 valence electrons. The van der Waals surface area contributed by atoms with Crippen molar-refractivity contribution in [2.75, 3.05) is 0 Å². The number of carbonyl (C=O) groups is 1. The summed E-state index contributed by atoms with van der Waals surface area (Å²) in [4.78, 5) is 19.1. The Morgan fingerprint density at radius 3 is 3.05 bits per heavy atom. The van der Waals surface area contributed by atoms with Crippen molar-refractivity contribution in [1.82, 2.24) is 9.97 Å². The first-order chi connectivity index (χ1) is 9.25. The van der Waals surface area contributed by atoms with Crippen molar-refractivity contribution in [3.8, 4) is 0 Å². The zero-order chi connectivity index (χ0) is 13.2. The van der Waals surface area contributed by atoms with Crippen LogP contribution in [0.25, 0.3) is 10.9 Å². The fourth-order valence-electron chi connectivity index (χ4n) is 2.08. The Morgan fingerprint density at radius 2 is 2.26 bits per heavy atom. The lowest BCUT2D eigenvalue weighted by atomic mass is 10.0. The Labute approximate surface area is 108 Å². The first-order valence-corrected chi connectivity index (χ1v) is 5.91. The molecule has 0 aliphatic rings. The minimum atomic E-state index is -0.945. The molecule has 5 nitrogen and oxygen atoms in total. The third-order valence-electron chi connectivity index (χ3n) is 3.06. The van der Waals surface area contributed by atoms with E-state index in [0.717, 1.165) is 10.9 Å². The lowest BCUT2D eigenvalue weighted by Gasteiger charge is -2.05. The van der Waals surface area contributed by atoms with Crippen molar-refractivity contribution in [3.63, 3.8) is 0 Å². The Bertz CT molecular complexity index is 700. The van der Waals surface area contributed by atoms with Crippen LogP contribution in [-0.2, 0) is 0 Å². The van der Waals surface area contributed by atoms with E-state index in [1.165, 1.54) is 12.7 Å². The van der Waals surface area contributed by atoms with E-state index in [4.69, 9.17) is 4.42 Å². The molecule has 0 amide bonds. The van der Waals surface area contributed by atoms with Gasteiger partial charge in [-0.25, -0.2) is 4.98 Å². The van der Waals surface area contributed by atoms with Gasteiger partial charge in [0.05, 0.1) is 0 Å². The Kier molecular flexibility index (Phi) is 2.89. The number of oxazole rings is 1. The highest BCUT2D eigenvalue weighted by Gasteiger charge is 2.18. The summed E-state index contributed by atoms with van der Waals surface area (Å²) >= 11 is 0. The van der Waals surface area contributed by atoms with Gasteiger partial charge < -0.3 is 14.5 Å². The molecule has 2 heterocycles. The fraction of sp³-hybridized carbons (Fsp3) is 0.143. The van der Waals surface area contributed by atoms with E-state index in [0.29, 0.717) is 11.3 Å². The third kappa shape index (κ3) is 2.15. The molecule has 19 heavy (non-hydrogen) atoms. The van der Waals surface area contributed by atoms with E-state index in [1.807, 2.05) is 24.3 Å². The van der Waals surface area contributed by atoms with Gasteiger partial charge in [0.25, 0.3) is 0 Å². The number of hydrogen-bond acceptors (Lipinski definition) is 4. The number of H-pyrrole nitrogens is 1. The van der Waals surface area contributed by atoms with E-state index in [-0.39, 0.29) is 12.2 Å². The molecule has 3 aromatic rings. The summed E-state index contributed by atoms with van der Waals surface area (Å²) in [6.45, 7) is 0. The van der Waals surface area contributed by atoms with Gasteiger partial charge in [0.2, 0.25) is 0 Å². The zero-order valence-corrected chi connectivity index (χ0v) is 10.0. The van der Waals surface area contributed by atoms with Gasteiger partial charge in [-0.2, -0.15) is 0 Å². The van der Waals surface area contributed by atoms with Crippen molar-refractivity contribution in [1.29, 1.82) is 0 Å². The quantitative estimate of drug-likeness (QED) is 0.703. The molecule has 5 heteroatoms. The van der Waals surface area contributed by atoms with Gasteiger partial charge in [0.1, 0.15) is 18.1 Å². The van der Waals surface area contributed by atoms with E-state index in [2.05, 4.69) is 9.97 Å². The molecule has 0 aliphatic heterocycles. The van der Waals surface area contributed by atoms with Crippen LogP contribution >= 0.6 is 0 Å². The third-order valence-corrected chi connectivity index (χ3v) is 3.06. The smallest absolute Gasteiger partial charge is 0.180 e. The minimum absolute atomic E-state index is 0.0195. The van der Waals surface area contributed by atoms with E-state index in [9.17, 15) is 9.90 Å². The highest BCUT2D eigenvalue weighted by atomic mass is 16.3. The number of benzene rings is 1. The summed E-state index contributed by atoms with van der Waals surface area (Å²) in [5, 5.41) is 10.8. The minimum Gasteiger partial charge on any atom is -0.451 e. The number of aromatic nitrogens is 2. The van der Waals surface area contributed by atoms with Crippen LogP contribution in [0.5, 0.6) is 0 Å². The molecule has 3 rings (SSSR count). The van der Waals surface area contributed by atoms with E-state index in [1.54, 1.807) is 6.20 Å². The summed E-state index contributed by atoms with van der Waals surface area (Å²) in [5.74, 6) is -0.132. The van der Waals surface area contributed by atoms with Crippen LogP contribution in [-0.4, -0.2) is 20.9 Å². The maximum Gasteiger partial charge on any atom is 0.180 e. The zero-order valence-electron chi connectivity index (χ0n) is 10.0. The van der Waals surface area contributed by atoms with Gasteiger partial charge in [-0.15, -0.1) is 0 Å². The van der Waals surface area contributed by atoms with Gasteiger partial charge >= 0.3 is 0 Å². The summed E-state index contributed by atoms with van der Waals surface area (Å²) < 4.78 is 4.79. The highest BCUT2D eigenvalue weighted by Crippen LogP contribution is 2.22. The molecule has 1 atom stereocenters. The van der Waals surface area contributed by atoms with E-state index < -0.39 is 6.10 Å². The van der Waals surface area contributed by atoms with Crippen LogP contribution in [0.2, 0.25) is 0 Å². The maximum absolute atomic E-state index is 12.2. The summed E-state index contributed by atoms with van der Waals surface area (Å²) in [5.41, 5.74) is 1.85. The fourth-order valence-corrected chi connectivity index (χ4v) is 2.08. The normalized spacial score (nSPS) is 12.7. The van der Waals surface area contributed by atoms with Gasteiger partial charge in [-0.3, -0.25) is 4.79 Å². The number of aliphatic hydroxyl groups excluding tert-OH is 1. The molecule has 0 fully saturated rings. The Balaban J connectivity index is 1.84. The standard InChI is InChI=1S/C14H12N2O3/c17-13(5-14(18)12-7-19-8-16-12)10-6-15-11-4-2-1-3-9(10)11/h1-4,6-8,14-15,18H,5H2. The van der Waals surface area contributed by atoms with Gasteiger partial charge in [-0.1, -0.05) is 18.2 Å². The Morgan fingerprint density at radius 1 is 1.42 bits per heavy atom. The molecule has 0 spiro atoms. The lowest BCUT2D eigenvalue weighted by Crippen LogP contribution is -2.07. The number of aliphatic hydroxyl groups is 1. The monoisotopic (exact) mass is 256 g/mol. The topological polar surface area (TPSA) is 79.1 Å². The maximum atomic E-state index is 12.2. The van der Waals surface area contributed by atoms with Crippen molar-refractivity contribution in [2.45, 2.75) is 12.5 Å². The second-order valence-electron chi connectivity index (χ2n) is 4.30. The summed E-state index contributed by atoms with van der Waals surface area (Å²) in [6, 6.07) is 7.56. The van der Waals surface area contributed by atoms with Crippen LogP contribution in [0.4, 0.5) is 0 Å². The van der Waals surface area contributed by atoms with E-state index >= 15 is 0 Å². The van der Waals surface area contributed by atoms with Crippen molar-refractivity contribution in [3.05, 3.63) is 54.4 Å². The van der Waals surface area contributed by atoms with Crippen molar-refractivity contribution >= 4 is 16.7 Å². The SMILES string of the molecule is O=C(CC(O)c1cocn1)c1c[nH]c2ccccc12. The number of hydrogen-bond donors (Lipinski definition) is 2. The van der Waals surface area contributed by atoms with Crippen molar-refractivity contribution in [2.24, 2.45) is 0 Å². The predicted octanol–water partition coefficient (Wildman–Crippen LogP) is 2.46. The number of Topliss-reactive ketones (excluding diaryl/α,β-unsaturated/α-hetero) is 1. The molecular formula is C14H12N2O3. The molecule has 2 N–H and O–H groups in total.